The van der Waals surface area contributed by atoms with Crippen molar-refractivity contribution in [1.29, 1.82) is 5.26 Å². The Labute approximate surface area is 101 Å². The SMILES string of the molecule is COC(C)(C)CCOc1nccc(C#N)c1N. The average molecular weight is 235 g/mol. The van der Waals surface area contributed by atoms with Crippen LogP contribution in [0.2, 0.25) is 0 Å². The molecule has 2 N–H and O–H groups in total. The van der Waals surface area contributed by atoms with Crippen LogP contribution in [0.5, 0.6) is 5.88 Å². The van der Waals surface area contributed by atoms with Gasteiger partial charge in [-0.15, -0.1) is 0 Å². The molecular weight excluding hydrogens is 218 g/mol. The van der Waals surface area contributed by atoms with Gasteiger partial charge in [0.15, 0.2) is 0 Å². The Morgan fingerprint density at radius 1 is 1.53 bits per heavy atom. The van der Waals surface area contributed by atoms with Crippen LogP contribution >= 0.6 is 0 Å². The van der Waals surface area contributed by atoms with E-state index in [-0.39, 0.29) is 11.3 Å². The zero-order valence-corrected chi connectivity index (χ0v) is 10.4. The molecule has 17 heavy (non-hydrogen) atoms. The zero-order valence-electron chi connectivity index (χ0n) is 10.4. The third-order valence-electron chi connectivity index (χ3n) is 2.57. The first kappa shape index (κ1) is 13.3. The molecule has 0 unspecified atom stereocenters. The minimum atomic E-state index is -0.248. The van der Waals surface area contributed by atoms with E-state index in [2.05, 4.69) is 4.98 Å². The first-order chi connectivity index (χ1) is 8.00. The highest BCUT2D eigenvalue weighted by atomic mass is 16.5. The third-order valence-corrected chi connectivity index (χ3v) is 2.57. The van der Waals surface area contributed by atoms with Crippen molar-refractivity contribution in [2.75, 3.05) is 19.5 Å². The minimum Gasteiger partial charge on any atom is -0.476 e. The number of ether oxygens (including phenoxy) is 2. The molecule has 0 aliphatic rings. The molecule has 0 saturated heterocycles. The van der Waals surface area contributed by atoms with Crippen LogP contribution in [0.25, 0.3) is 0 Å². The van der Waals surface area contributed by atoms with Gasteiger partial charge in [0.2, 0.25) is 5.88 Å². The first-order valence-corrected chi connectivity index (χ1v) is 5.32. The maximum Gasteiger partial charge on any atom is 0.238 e. The highest BCUT2D eigenvalue weighted by Crippen LogP contribution is 2.22. The lowest BCUT2D eigenvalue weighted by molar-refractivity contribution is 0.00515. The average Bonchev–Trinajstić information content (AvgIpc) is 2.31. The number of nitrogens with zero attached hydrogens (tertiary/aromatic N) is 2. The summed E-state index contributed by atoms with van der Waals surface area (Å²) in [6.07, 6.45) is 2.22. The van der Waals surface area contributed by atoms with Gasteiger partial charge in [-0.1, -0.05) is 0 Å². The minimum absolute atomic E-state index is 0.248. The maximum absolute atomic E-state index is 8.80. The number of hydrogen-bond donors (Lipinski definition) is 1. The Balaban J connectivity index is 2.62. The summed E-state index contributed by atoms with van der Waals surface area (Å²) in [5.74, 6) is 0.302. The molecule has 0 saturated carbocycles. The molecule has 0 spiro atoms. The molecule has 5 heteroatoms. The van der Waals surface area contributed by atoms with E-state index in [0.717, 1.165) is 0 Å². The number of anilines is 1. The van der Waals surface area contributed by atoms with Crippen LogP contribution in [-0.2, 0) is 4.74 Å². The molecule has 1 aromatic heterocycles. The van der Waals surface area contributed by atoms with Gasteiger partial charge in [0.1, 0.15) is 11.8 Å². The second-order valence-corrected chi connectivity index (χ2v) is 4.25. The van der Waals surface area contributed by atoms with Crippen LogP contribution in [0, 0.1) is 11.3 Å². The molecule has 1 aromatic rings. The van der Waals surface area contributed by atoms with Crippen LogP contribution in [-0.4, -0.2) is 24.3 Å². The summed E-state index contributed by atoms with van der Waals surface area (Å²) in [5.41, 5.74) is 6.15. The number of aromatic nitrogens is 1. The highest BCUT2D eigenvalue weighted by Gasteiger charge is 2.16. The lowest BCUT2D eigenvalue weighted by Crippen LogP contribution is -2.25. The molecule has 92 valence electrons. The fourth-order valence-electron chi connectivity index (χ4n) is 1.16. The van der Waals surface area contributed by atoms with Gasteiger partial charge in [0.05, 0.1) is 17.8 Å². The van der Waals surface area contributed by atoms with E-state index in [4.69, 9.17) is 20.5 Å². The summed E-state index contributed by atoms with van der Waals surface area (Å²) in [6, 6.07) is 3.54. The van der Waals surface area contributed by atoms with E-state index in [1.165, 1.54) is 6.20 Å². The quantitative estimate of drug-likeness (QED) is 0.840. The second-order valence-electron chi connectivity index (χ2n) is 4.25. The van der Waals surface area contributed by atoms with E-state index in [1.807, 2.05) is 19.9 Å². The first-order valence-electron chi connectivity index (χ1n) is 5.32. The van der Waals surface area contributed by atoms with Gasteiger partial charge in [-0.3, -0.25) is 0 Å². The Kier molecular flexibility index (Phi) is 4.30. The van der Waals surface area contributed by atoms with Crippen molar-refractivity contribution in [2.45, 2.75) is 25.9 Å². The van der Waals surface area contributed by atoms with E-state index >= 15 is 0 Å². The van der Waals surface area contributed by atoms with Gasteiger partial charge in [-0.05, 0) is 19.9 Å². The number of nitrogen functional groups attached to an aromatic ring is 1. The topological polar surface area (TPSA) is 81.2 Å². The highest BCUT2D eigenvalue weighted by molar-refractivity contribution is 5.59. The number of nitriles is 1. The standard InChI is InChI=1S/C12H17N3O2/c1-12(2,16-3)5-7-17-11-10(14)9(8-13)4-6-15-11/h4,6H,5,7,14H2,1-3H3. The van der Waals surface area contributed by atoms with Gasteiger partial charge in [-0.25, -0.2) is 4.98 Å². The summed E-state index contributed by atoms with van der Waals surface area (Å²) in [6.45, 7) is 4.38. The van der Waals surface area contributed by atoms with Crippen LogP contribution < -0.4 is 10.5 Å². The van der Waals surface area contributed by atoms with Gasteiger partial charge < -0.3 is 15.2 Å². The van der Waals surface area contributed by atoms with Crippen LogP contribution in [0.3, 0.4) is 0 Å². The van der Waals surface area contributed by atoms with Crippen molar-refractivity contribution in [3.63, 3.8) is 0 Å². The van der Waals surface area contributed by atoms with Crippen molar-refractivity contribution in [2.24, 2.45) is 0 Å². The summed E-state index contributed by atoms with van der Waals surface area (Å²) >= 11 is 0. The van der Waals surface area contributed by atoms with Crippen molar-refractivity contribution >= 4 is 5.69 Å². The van der Waals surface area contributed by atoms with Crippen LogP contribution in [0.4, 0.5) is 5.69 Å². The fourth-order valence-corrected chi connectivity index (χ4v) is 1.16. The lowest BCUT2D eigenvalue weighted by Gasteiger charge is -2.22. The largest absolute Gasteiger partial charge is 0.476 e. The Morgan fingerprint density at radius 2 is 2.24 bits per heavy atom. The van der Waals surface area contributed by atoms with Crippen LogP contribution in [0.1, 0.15) is 25.8 Å². The fraction of sp³-hybridized carbons (Fsp3) is 0.500. The van der Waals surface area contributed by atoms with Crippen molar-refractivity contribution in [3.8, 4) is 11.9 Å². The molecule has 0 aliphatic carbocycles. The van der Waals surface area contributed by atoms with Crippen molar-refractivity contribution in [1.82, 2.24) is 4.98 Å². The Hall–Kier alpha value is -1.80. The molecule has 0 aliphatic heterocycles. The predicted molar refractivity (Wildman–Crippen MR) is 64.6 cm³/mol. The zero-order chi connectivity index (χ0) is 12.9. The van der Waals surface area contributed by atoms with E-state index < -0.39 is 0 Å². The maximum atomic E-state index is 8.80. The molecule has 5 nitrogen and oxygen atoms in total. The monoisotopic (exact) mass is 235 g/mol. The van der Waals surface area contributed by atoms with Crippen LogP contribution in [0.15, 0.2) is 12.3 Å². The van der Waals surface area contributed by atoms with E-state index in [0.29, 0.717) is 24.5 Å². The molecule has 0 bridgehead atoms. The molecule has 1 rings (SSSR count). The number of nitrogens with two attached hydrogens (primary N) is 1. The van der Waals surface area contributed by atoms with E-state index in [9.17, 15) is 0 Å². The van der Waals surface area contributed by atoms with Gasteiger partial charge in [0, 0.05) is 19.7 Å². The molecule has 0 aromatic carbocycles. The number of hydrogen-bond acceptors (Lipinski definition) is 5. The molecule has 0 atom stereocenters. The smallest absolute Gasteiger partial charge is 0.238 e. The lowest BCUT2D eigenvalue weighted by atomic mass is 10.1. The van der Waals surface area contributed by atoms with Crippen molar-refractivity contribution in [3.05, 3.63) is 17.8 Å². The molecule has 1 heterocycles. The van der Waals surface area contributed by atoms with E-state index in [1.54, 1.807) is 13.2 Å². The number of pyridine rings is 1. The van der Waals surface area contributed by atoms with Gasteiger partial charge >= 0.3 is 0 Å². The Morgan fingerprint density at radius 3 is 2.82 bits per heavy atom. The van der Waals surface area contributed by atoms with Crippen molar-refractivity contribution < 1.29 is 9.47 Å². The summed E-state index contributed by atoms with van der Waals surface area (Å²) in [4.78, 5) is 3.99. The number of rotatable bonds is 5. The molecule has 0 amide bonds. The second kappa shape index (κ2) is 5.51. The number of methoxy groups -OCH3 is 1. The summed E-state index contributed by atoms with van der Waals surface area (Å²) in [5, 5.41) is 8.80. The molecular formula is C12H17N3O2. The normalized spacial score (nSPS) is 10.9. The third kappa shape index (κ3) is 3.61. The predicted octanol–water partition coefficient (Wildman–Crippen LogP) is 1.73. The van der Waals surface area contributed by atoms with Gasteiger partial charge in [-0.2, -0.15) is 5.26 Å². The Bertz CT molecular complexity index is 424. The summed E-state index contributed by atoms with van der Waals surface area (Å²) in [7, 11) is 1.66. The van der Waals surface area contributed by atoms with Gasteiger partial charge in [0.25, 0.3) is 0 Å². The molecule has 0 fully saturated rings. The summed E-state index contributed by atoms with van der Waals surface area (Å²) < 4.78 is 10.7. The molecule has 0 radical (unpaired) electrons.